The molecule has 1 aliphatic heterocycles. The molecule has 0 radical (unpaired) electrons. The highest BCUT2D eigenvalue weighted by Crippen LogP contribution is 2.31. The molecule has 1 aliphatic rings. The van der Waals surface area contributed by atoms with Crippen molar-refractivity contribution in [2.75, 3.05) is 36.8 Å². The van der Waals surface area contributed by atoms with Gasteiger partial charge in [0.25, 0.3) is 5.91 Å². The van der Waals surface area contributed by atoms with E-state index in [-0.39, 0.29) is 22.1 Å². The summed E-state index contributed by atoms with van der Waals surface area (Å²) in [6.45, 7) is 3.89. The monoisotopic (exact) mass is 449 g/mol. The van der Waals surface area contributed by atoms with Crippen molar-refractivity contribution in [3.63, 3.8) is 0 Å². The van der Waals surface area contributed by atoms with Crippen LogP contribution in [0.4, 0.5) is 5.13 Å². The van der Waals surface area contributed by atoms with E-state index in [0.29, 0.717) is 31.2 Å². The van der Waals surface area contributed by atoms with E-state index in [1.165, 1.54) is 6.07 Å². The maximum Gasteiger partial charge on any atom is 0.255 e. The summed E-state index contributed by atoms with van der Waals surface area (Å²) in [4.78, 5) is 21.7. The molecular formula is C20H20ClN3O3S2. The van der Waals surface area contributed by atoms with Crippen LogP contribution in [-0.4, -0.2) is 56.1 Å². The number of halogens is 1. The molecule has 3 aromatic rings. The van der Waals surface area contributed by atoms with Gasteiger partial charge in [0.1, 0.15) is 0 Å². The molecule has 0 bridgehead atoms. The Bertz CT molecular complexity index is 1170. The first-order valence-electron chi connectivity index (χ1n) is 9.31. The van der Waals surface area contributed by atoms with E-state index in [1.807, 2.05) is 18.2 Å². The van der Waals surface area contributed by atoms with E-state index >= 15 is 0 Å². The fourth-order valence-corrected chi connectivity index (χ4v) is 5.74. The van der Waals surface area contributed by atoms with Crippen LogP contribution in [0.25, 0.3) is 10.2 Å². The summed E-state index contributed by atoms with van der Waals surface area (Å²) in [5.41, 5.74) is 1.16. The molecule has 29 heavy (non-hydrogen) atoms. The lowest BCUT2D eigenvalue weighted by Crippen LogP contribution is -2.49. The number of aromatic nitrogens is 1. The largest absolute Gasteiger partial charge is 0.345 e. The van der Waals surface area contributed by atoms with Gasteiger partial charge in [0.2, 0.25) is 0 Å². The van der Waals surface area contributed by atoms with E-state index in [2.05, 4.69) is 9.88 Å². The first kappa shape index (κ1) is 20.1. The highest BCUT2D eigenvalue weighted by Gasteiger charge is 2.27. The molecule has 0 saturated carbocycles. The Morgan fingerprint density at radius 1 is 1.14 bits per heavy atom. The molecule has 6 nitrogen and oxygen atoms in total. The van der Waals surface area contributed by atoms with E-state index in [4.69, 9.17) is 11.6 Å². The molecule has 0 N–H and O–H groups in total. The molecule has 1 fully saturated rings. The summed E-state index contributed by atoms with van der Waals surface area (Å²) in [6, 6.07) is 12.1. The number of piperazine rings is 1. The first-order valence-corrected chi connectivity index (χ1v) is 12.2. The molecule has 2 heterocycles. The predicted octanol–water partition coefficient (Wildman–Crippen LogP) is 3.71. The minimum atomic E-state index is -3.46. The highest BCUT2D eigenvalue weighted by atomic mass is 35.5. The van der Waals surface area contributed by atoms with Crippen LogP contribution in [-0.2, 0) is 9.84 Å². The van der Waals surface area contributed by atoms with Crippen LogP contribution in [0.1, 0.15) is 17.3 Å². The fraction of sp³-hybridized carbons (Fsp3) is 0.300. The Balaban J connectivity index is 1.50. The number of anilines is 1. The van der Waals surface area contributed by atoms with Crippen LogP contribution in [0.3, 0.4) is 0 Å². The van der Waals surface area contributed by atoms with E-state index in [9.17, 15) is 13.2 Å². The predicted molar refractivity (Wildman–Crippen MR) is 117 cm³/mol. The van der Waals surface area contributed by atoms with Gasteiger partial charge >= 0.3 is 0 Å². The zero-order valence-electron chi connectivity index (χ0n) is 15.8. The molecule has 4 rings (SSSR count). The van der Waals surface area contributed by atoms with Gasteiger partial charge in [-0.2, -0.15) is 0 Å². The zero-order chi connectivity index (χ0) is 20.6. The number of carbonyl (C=O) groups is 1. The van der Waals surface area contributed by atoms with Crippen LogP contribution < -0.4 is 4.90 Å². The quantitative estimate of drug-likeness (QED) is 0.607. The Kier molecular flexibility index (Phi) is 5.50. The highest BCUT2D eigenvalue weighted by molar-refractivity contribution is 7.91. The lowest BCUT2D eigenvalue weighted by molar-refractivity contribution is 0.0743. The van der Waals surface area contributed by atoms with Gasteiger partial charge in [-0.1, -0.05) is 42.0 Å². The second-order valence-electron chi connectivity index (χ2n) is 6.79. The minimum Gasteiger partial charge on any atom is -0.345 e. The summed E-state index contributed by atoms with van der Waals surface area (Å²) in [5, 5.41) is 1.59. The topological polar surface area (TPSA) is 70.6 Å². The van der Waals surface area contributed by atoms with Gasteiger partial charge in [0.15, 0.2) is 15.0 Å². The number of fused-ring (bicyclic) bond motifs is 1. The van der Waals surface area contributed by atoms with Crippen molar-refractivity contribution in [2.45, 2.75) is 11.8 Å². The number of amides is 1. The zero-order valence-corrected chi connectivity index (χ0v) is 18.2. The smallest absolute Gasteiger partial charge is 0.255 e. The summed E-state index contributed by atoms with van der Waals surface area (Å²) >= 11 is 7.64. The lowest BCUT2D eigenvalue weighted by Gasteiger charge is -2.34. The SMILES string of the molecule is CCS(=O)(=O)c1ccccc1C(=O)N1CCN(c2nc3ccc(Cl)cc3s2)CC1. The average Bonchev–Trinajstić information content (AvgIpc) is 3.16. The van der Waals surface area contributed by atoms with Gasteiger partial charge < -0.3 is 9.80 Å². The molecule has 0 unspecified atom stereocenters. The Morgan fingerprint density at radius 2 is 1.86 bits per heavy atom. The Labute approximate surface area is 178 Å². The van der Waals surface area contributed by atoms with Crippen molar-refractivity contribution < 1.29 is 13.2 Å². The number of rotatable bonds is 4. The van der Waals surface area contributed by atoms with Crippen LogP contribution in [0, 0.1) is 0 Å². The molecule has 9 heteroatoms. The molecule has 0 atom stereocenters. The standard InChI is InChI=1S/C20H20ClN3O3S2/c1-2-29(26,27)18-6-4-3-5-15(18)19(25)23-9-11-24(12-10-23)20-22-16-8-7-14(21)13-17(16)28-20/h3-8,13H,2,9-12H2,1H3. The third-order valence-electron chi connectivity index (χ3n) is 5.01. The van der Waals surface area contributed by atoms with Crippen molar-refractivity contribution in [3.8, 4) is 0 Å². The normalized spacial score (nSPS) is 15.1. The van der Waals surface area contributed by atoms with E-state index in [0.717, 1.165) is 15.3 Å². The summed E-state index contributed by atoms with van der Waals surface area (Å²) < 4.78 is 25.8. The van der Waals surface area contributed by atoms with Gasteiger partial charge in [0.05, 0.1) is 26.4 Å². The van der Waals surface area contributed by atoms with Crippen molar-refractivity contribution in [1.29, 1.82) is 0 Å². The maximum atomic E-state index is 13.0. The third kappa shape index (κ3) is 3.97. The molecule has 1 aromatic heterocycles. The number of thiazole rings is 1. The Hall–Kier alpha value is -2.16. The van der Waals surface area contributed by atoms with E-state index < -0.39 is 9.84 Å². The van der Waals surface area contributed by atoms with Crippen molar-refractivity contribution in [1.82, 2.24) is 9.88 Å². The van der Waals surface area contributed by atoms with Crippen molar-refractivity contribution >= 4 is 54.0 Å². The number of benzene rings is 2. The summed E-state index contributed by atoms with van der Waals surface area (Å²) in [5.74, 6) is -0.277. The molecule has 1 amide bonds. The van der Waals surface area contributed by atoms with Gasteiger partial charge in [0, 0.05) is 31.2 Å². The molecule has 1 saturated heterocycles. The van der Waals surface area contributed by atoms with Gasteiger partial charge in [-0.25, -0.2) is 13.4 Å². The third-order valence-corrected chi connectivity index (χ3v) is 8.11. The van der Waals surface area contributed by atoms with Crippen LogP contribution >= 0.6 is 22.9 Å². The Morgan fingerprint density at radius 3 is 2.59 bits per heavy atom. The van der Waals surface area contributed by atoms with Crippen LogP contribution in [0.15, 0.2) is 47.4 Å². The number of nitrogens with zero attached hydrogens (tertiary/aromatic N) is 3. The molecule has 0 spiro atoms. The second-order valence-corrected chi connectivity index (χ2v) is 10.5. The molecule has 0 aliphatic carbocycles. The molecule has 2 aromatic carbocycles. The number of carbonyl (C=O) groups excluding carboxylic acids is 1. The molecular weight excluding hydrogens is 430 g/mol. The minimum absolute atomic E-state index is 0.0350. The maximum absolute atomic E-state index is 13.0. The van der Waals surface area contributed by atoms with Crippen LogP contribution in [0.5, 0.6) is 0 Å². The van der Waals surface area contributed by atoms with Crippen LogP contribution in [0.2, 0.25) is 5.02 Å². The summed E-state index contributed by atoms with van der Waals surface area (Å²) in [7, 11) is -3.46. The van der Waals surface area contributed by atoms with E-state index in [1.54, 1.807) is 41.4 Å². The van der Waals surface area contributed by atoms with Crippen molar-refractivity contribution in [3.05, 3.63) is 53.1 Å². The molecule has 152 valence electrons. The summed E-state index contributed by atoms with van der Waals surface area (Å²) in [6.07, 6.45) is 0. The first-order chi connectivity index (χ1) is 13.9. The average molecular weight is 450 g/mol. The van der Waals surface area contributed by atoms with Gasteiger partial charge in [-0.3, -0.25) is 4.79 Å². The van der Waals surface area contributed by atoms with Crippen molar-refractivity contribution in [2.24, 2.45) is 0 Å². The number of hydrogen-bond donors (Lipinski definition) is 0. The second kappa shape index (κ2) is 7.93. The van der Waals surface area contributed by atoms with Gasteiger partial charge in [-0.05, 0) is 30.3 Å². The van der Waals surface area contributed by atoms with Gasteiger partial charge in [-0.15, -0.1) is 0 Å². The lowest BCUT2D eigenvalue weighted by atomic mass is 10.2. The number of hydrogen-bond acceptors (Lipinski definition) is 6. The fourth-order valence-electron chi connectivity index (χ4n) is 3.36. The number of sulfone groups is 1.